The summed E-state index contributed by atoms with van der Waals surface area (Å²) in [5.74, 6) is -1.26. The molecule has 1 aromatic carbocycles. The number of amides is 1. The van der Waals surface area contributed by atoms with Crippen LogP contribution >= 0.6 is 0 Å². The van der Waals surface area contributed by atoms with Gasteiger partial charge in [0.2, 0.25) is 5.43 Å². The molecule has 140 valence electrons. The van der Waals surface area contributed by atoms with Crippen LogP contribution in [0.3, 0.4) is 0 Å². The molecule has 0 saturated heterocycles. The van der Waals surface area contributed by atoms with Gasteiger partial charge < -0.3 is 0 Å². The first-order valence-corrected chi connectivity index (χ1v) is 8.03. The Kier molecular flexibility index (Phi) is 4.87. The molecule has 0 aliphatic carbocycles. The molecule has 0 aliphatic heterocycles. The van der Waals surface area contributed by atoms with Gasteiger partial charge in [-0.15, -0.1) is 0 Å². The summed E-state index contributed by atoms with van der Waals surface area (Å²) in [5.41, 5.74) is 0.985. The Morgan fingerprint density at radius 1 is 1.26 bits per heavy atom. The van der Waals surface area contributed by atoms with Crippen molar-refractivity contribution in [2.75, 3.05) is 14.2 Å². The van der Waals surface area contributed by atoms with Crippen molar-refractivity contribution in [3.63, 3.8) is 0 Å². The van der Waals surface area contributed by atoms with Crippen LogP contribution in [-0.2, 0) is 11.9 Å². The molecule has 2 aromatic heterocycles. The smallest absolute Gasteiger partial charge is 0.287 e. The van der Waals surface area contributed by atoms with E-state index in [4.69, 9.17) is 4.84 Å². The first-order valence-electron chi connectivity index (χ1n) is 8.03. The lowest BCUT2D eigenvalue weighted by Gasteiger charge is -2.15. The highest BCUT2D eigenvalue weighted by Gasteiger charge is 2.20. The van der Waals surface area contributed by atoms with E-state index in [1.807, 2.05) is 0 Å². The summed E-state index contributed by atoms with van der Waals surface area (Å²) in [5, 5.41) is 9.03. The summed E-state index contributed by atoms with van der Waals surface area (Å²) in [6, 6.07) is 4.50. The summed E-state index contributed by atoms with van der Waals surface area (Å²) < 4.78 is 17.3. The fourth-order valence-electron chi connectivity index (χ4n) is 2.54. The molecule has 0 spiro atoms. The molecule has 0 saturated carbocycles. The number of benzene rings is 1. The monoisotopic (exact) mass is 371 g/mol. The predicted octanol–water partition coefficient (Wildman–Crippen LogP) is 1.71. The van der Waals surface area contributed by atoms with Gasteiger partial charge in [0, 0.05) is 37.6 Å². The lowest BCUT2D eigenvalue weighted by Crippen LogP contribution is -2.33. The number of hydroxylamine groups is 2. The number of aryl methyl sites for hydroxylation is 2. The number of carbonyl (C=O) groups excluding carboxylic acids is 1. The molecule has 3 rings (SSSR count). The van der Waals surface area contributed by atoms with Gasteiger partial charge in [0.15, 0.2) is 5.69 Å². The Morgan fingerprint density at radius 2 is 2.00 bits per heavy atom. The van der Waals surface area contributed by atoms with Crippen molar-refractivity contribution in [2.24, 2.45) is 7.05 Å². The summed E-state index contributed by atoms with van der Waals surface area (Å²) in [6.07, 6.45) is 4.84. The van der Waals surface area contributed by atoms with Gasteiger partial charge in [-0.3, -0.25) is 19.1 Å². The topological polar surface area (TPSA) is 82.2 Å². The Labute approximate surface area is 154 Å². The normalized spacial score (nSPS) is 10.9. The van der Waals surface area contributed by atoms with Crippen LogP contribution in [0.25, 0.3) is 16.8 Å². The van der Waals surface area contributed by atoms with E-state index in [0.717, 1.165) is 16.2 Å². The third kappa shape index (κ3) is 3.49. The number of aromatic nitrogens is 4. The fourth-order valence-corrected chi connectivity index (χ4v) is 2.54. The number of halogens is 1. The van der Waals surface area contributed by atoms with E-state index in [1.54, 1.807) is 36.3 Å². The predicted molar refractivity (Wildman–Crippen MR) is 95.8 cm³/mol. The van der Waals surface area contributed by atoms with Crippen molar-refractivity contribution < 1.29 is 14.0 Å². The molecular formula is C18H18FN5O3. The van der Waals surface area contributed by atoms with Crippen LogP contribution in [0.1, 0.15) is 16.1 Å². The lowest BCUT2D eigenvalue weighted by molar-refractivity contribution is -0.0762. The quantitative estimate of drug-likeness (QED) is 0.652. The molecule has 0 radical (unpaired) electrons. The summed E-state index contributed by atoms with van der Waals surface area (Å²) in [6.45, 7) is 1.53. The van der Waals surface area contributed by atoms with Crippen molar-refractivity contribution in [1.29, 1.82) is 0 Å². The highest BCUT2D eigenvalue weighted by Crippen LogP contribution is 2.23. The largest absolute Gasteiger partial charge is 0.301 e. The zero-order valence-electron chi connectivity index (χ0n) is 15.3. The van der Waals surface area contributed by atoms with Crippen molar-refractivity contribution in [3.8, 4) is 16.8 Å². The second-order valence-corrected chi connectivity index (χ2v) is 5.99. The fraction of sp³-hybridized carbons (Fsp3) is 0.222. The van der Waals surface area contributed by atoms with Crippen LogP contribution in [0.5, 0.6) is 0 Å². The minimum Gasteiger partial charge on any atom is -0.287 e. The third-order valence-electron chi connectivity index (χ3n) is 4.09. The van der Waals surface area contributed by atoms with Gasteiger partial charge in [0.05, 0.1) is 13.3 Å². The van der Waals surface area contributed by atoms with Gasteiger partial charge in [-0.05, 0) is 24.6 Å². The zero-order valence-corrected chi connectivity index (χ0v) is 15.3. The number of nitrogens with zero attached hydrogens (tertiary/aromatic N) is 5. The molecule has 0 aliphatic rings. The van der Waals surface area contributed by atoms with E-state index >= 15 is 0 Å². The second-order valence-electron chi connectivity index (χ2n) is 5.99. The van der Waals surface area contributed by atoms with E-state index in [9.17, 15) is 14.0 Å². The summed E-state index contributed by atoms with van der Waals surface area (Å²) in [7, 11) is 4.44. The molecule has 0 unspecified atom stereocenters. The average Bonchev–Trinajstić information content (AvgIpc) is 3.09. The molecule has 27 heavy (non-hydrogen) atoms. The van der Waals surface area contributed by atoms with Crippen molar-refractivity contribution in [2.45, 2.75) is 6.92 Å². The van der Waals surface area contributed by atoms with Gasteiger partial charge in [-0.1, -0.05) is 6.07 Å². The minimum absolute atomic E-state index is 0.105. The van der Waals surface area contributed by atoms with Crippen molar-refractivity contribution in [3.05, 3.63) is 64.1 Å². The van der Waals surface area contributed by atoms with Crippen LogP contribution < -0.4 is 5.43 Å². The molecule has 8 nitrogen and oxygen atoms in total. The summed E-state index contributed by atoms with van der Waals surface area (Å²) in [4.78, 5) is 29.5. The zero-order chi connectivity index (χ0) is 19.7. The van der Waals surface area contributed by atoms with Gasteiger partial charge in [0.25, 0.3) is 0 Å². The first-order chi connectivity index (χ1) is 12.8. The van der Waals surface area contributed by atoms with Gasteiger partial charge >= 0.3 is 5.91 Å². The Bertz CT molecular complexity index is 1070. The van der Waals surface area contributed by atoms with Crippen LogP contribution in [0.2, 0.25) is 0 Å². The van der Waals surface area contributed by atoms with Gasteiger partial charge in [-0.25, -0.2) is 14.1 Å². The highest BCUT2D eigenvalue weighted by molar-refractivity contribution is 5.91. The second kappa shape index (κ2) is 7.12. The lowest BCUT2D eigenvalue weighted by atomic mass is 10.1. The van der Waals surface area contributed by atoms with E-state index in [-0.39, 0.29) is 16.9 Å². The van der Waals surface area contributed by atoms with Crippen molar-refractivity contribution in [1.82, 2.24) is 24.6 Å². The molecule has 9 heteroatoms. The van der Waals surface area contributed by atoms with Crippen LogP contribution in [0, 0.1) is 12.7 Å². The first kappa shape index (κ1) is 18.5. The Balaban J connectivity index is 2.15. The minimum atomic E-state index is -0.719. The average molecular weight is 371 g/mol. The molecule has 3 aromatic rings. The molecule has 0 N–H and O–H groups in total. The van der Waals surface area contributed by atoms with Crippen LogP contribution in [0.4, 0.5) is 4.39 Å². The number of hydrogen-bond donors (Lipinski definition) is 0. The maximum Gasteiger partial charge on any atom is 0.301 e. The van der Waals surface area contributed by atoms with Crippen LogP contribution in [0.15, 0.2) is 41.6 Å². The van der Waals surface area contributed by atoms with Crippen molar-refractivity contribution >= 4 is 5.91 Å². The number of hydrogen-bond acceptors (Lipinski definition) is 5. The molecule has 2 heterocycles. The Morgan fingerprint density at radius 3 is 2.63 bits per heavy atom. The number of rotatable bonds is 4. The van der Waals surface area contributed by atoms with Gasteiger partial charge in [-0.2, -0.15) is 10.2 Å². The molecule has 1 amide bonds. The number of carbonyl (C=O) groups is 1. The summed E-state index contributed by atoms with van der Waals surface area (Å²) >= 11 is 0. The SMILES string of the molecule is CON(C)C(=O)c1nn(-c2cc(-c3cnn(C)c3)ccc2F)cc(C)c1=O. The van der Waals surface area contributed by atoms with E-state index in [0.29, 0.717) is 0 Å². The molecule has 0 fully saturated rings. The standard InChI is InChI=1S/C18H18FN5O3/c1-11-9-24(21-16(17(11)25)18(26)23(3)27-4)15-7-12(5-6-14(15)19)13-8-20-22(2)10-13/h5-10H,1-4H3. The molecular weight excluding hydrogens is 353 g/mol. The van der Waals surface area contributed by atoms with E-state index < -0.39 is 17.2 Å². The van der Waals surface area contributed by atoms with E-state index in [1.165, 1.54) is 38.0 Å². The van der Waals surface area contributed by atoms with E-state index in [2.05, 4.69) is 10.2 Å². The third-order valence-corrected chi connectivity index (χ3v) is 4.09. The maximum atomic E-state index is 14.5. The maximum absolute atomic E-state index is 14.5. The Hall–Kier alpha value is -3.33. The van der Waals surface area contributed by atoms with Gasteiger partial charge in [0.1, 0.15) is 11.5 Å². The molecule has 0 bridgehead atoms. The highest BCUT2D eigenvalue weighted by atomic mass is 19.1. The van der Waals surface area contributed by atoms with Crippen LogP contribution in [-0.4, -0.2) is 44.7 Å². The molecule has 0 atom stereocenters.